The van der Waals surface area contributed by atoms with Crippen LogP contribution in [0.15, 0.2) is 42.5 Å². The number of aromatic nitrogens is 3. The van der Waals surface area contributed by atoms with E-state index in [4.69, 9.17) is 0 Å². The lowest BCUT2D eigenvalue weighted by Gasteiger charge is -2.23. The van der Waals surface area contributed by atoms with Crippen molar-refractivity contribution in [3.63, 3.8) is 0 Å². The number of fused-ring (bicyclic) bond motifs is 1. The van der Waals surface area contributed by atoms with Gasteiger partial charge in [-0.2, -0.15) is 5.10 Å². The summed E-state index contributed by atoms with van der Waals surface area (Å²) >= 11 is 0. The molecule has 3 aromatic rings. The highest BCUT2D eigenvalue weighted by Crippen LogP contribution is 2.31. The van der Waals surface area contributed by atoms with E-state index in [1.807, 2.05) is 30.3 Å². The van der Waals surface area contributed by atoms with Crippen molar-refractivity contribution in [1.82, 2.24) is 19.5 Å². The standard InChI is InChI=1S/C23H24N4O4S/c1-26(18-11-12-32(30,31)14-18)23(29)17-9-5-15(6-10-17)19-3-2-4-22-24-21(25-27(19)22)13-20(28)16-7-8-16/h2-6,9-10,16,18H,7-8,11-14H2,1H3. The number of pyridine rings is 1. The number of benzene rings is 1. The van der Waals surface area contributed by atoms with E-state index < -0.39 is 9.84 Å². The lowest BCUT2D eigenvalue weighted by Crippen LogP contribution is -2.37. The number of carbonyl (C=O) groups is 2. The first kappa shape index (κ1) is 20.8. The topological polar surface area (TPSA) is 102 Å². The fraction of sp³-hybridized carbons (Fsp3) is 0.391. The van der Waals surface area contributed by atoms with E-state index in [-0.39, 0.29) is 41.6 Å². The van der Waals surface area contributed by atoms with Gasteiger partial charge in [0.05, 0.1) is 23.6 Å². The van der Waals surface area contributed by atoms with Gasteiger partial charge in [-0.05, 0) is 43.5 Å². The van der Waals surface area contributed by atoms with Crippen LogP contribution in [0.5, 0.6) is 0 Å². The van der Waals surface area contributed by atoms with E-state index >= 15 is 0 Å². The van der Waals surface area contributed by atoms with Gasteiger partial charge in [0.1, 0.15) is 5.78 Å². The fourth-order valence-electron chi connectivity index (χ4n) is 4.18. The highest BCUT2D eigenvalue weighted by Gasteiger charge is 2.33. The quantitative estimate of drug-likeness (QED) is 0.568. The third-order valence-corrected chi connectivity index (χ3v) is 8.02. The maximum Gasteiger partial charge on any atom is 0.253 e. The summed E-state index contributed by atoms with van der Waals surface area (Å²) in [5, 5.41) is 4.54. The van der Waals surface area contributed by atoms with Gasteiger partial charge in [0.15, 0.2) is 21.3 Å². The number of sulfone groups is 1. The smallest absolute Gasteiger partial charge is 0.253 e. The molecule has 1 unspecified atom stereocenters. The van der Waals surface area contributed by atoms with Crippen molar-refractivity contribution >= 4 is 27.2 Å². The van der Waals surface area contributed by atoms with Crippen molar-refractivity contribution in [2.24, 2.45) is 5.92 Å². The van der Waals surface area contributed by atoms with E-state index in [1.165, 1.54) is 4.90 Å². The Balaban J connectivity index is 1.37. The molecule has 166 valence electrons. The summed E-state index contributed by atoms with van der Waals surface area (Å²) in [5.74, 6) is 0.850. The van der Waals surface area contributed by atoms with Crippen LogP contribution in [0.2, 0.25) is 0 Å². The molecule has 0 spiro atoms. The van der Waals surface area contributed by atoms with E-state index in [0.717, 1.165) is 24.1 Å². The van der Waals surface area contributed by atoms with Crippen molar-refractivity contribution < 1.29 is 18.0 Å². The Morgan fingerprint density at radius 3 is 2.50 bits per heavy atom. The zero-order valence-electron chi connectivity index (χ0n) is 17.8. The van der Waals surface area contributed by atoms with Crippen LogP contribution in [0.25, 0.3) is 16.9 Å². The molecule has 1 aliphatic heterocycles. The van der Waals surface area contributed by atoms with Crippen LogP contribution in [0, 0.1) is 5.92 Å². The molecule has 8 nitrogen and oxygen atoms in total. The second kappa shape index (κ2) is 7.81. The van der Waals surface area contributed by atoms with Crippen molar-refractivity contribution in [3.05, 3.63) is 53.9 Å². The Kier molecular flexibility index (Phi) is 5.08. The predicted molar refractivity (Wildman–Crippen MR) is 119 cm³/mol. The van der Waals surface area contributed by atoms with Gasteiger partial charge in [-0.1, -0.05) is 18.2 Å². The number of hydrogen-bond acceptors (Lipinski definition) is 6. The Morgan fingerprint density at radius 2 is 1.84 bits per heavy atom. The minimum Gasteiger partial charge on any atom is -0.338 e. The number of carbonyl (C=O) groups excluding carboxylic acids is 2. The van der Waals surface area contributed by atoms with Crippen molar-refractivity contribution in [1.29, 1.82) is 0 Å². The molecule has 3 heterocycles. The van der Waals surface area contributed by atoms with Gasteiger partial charge in [-0.3, -0.25) is 9.59 Å². The van der Waals surface area contributed by atoms with Crippen LogP contribution in [-0.2, 0) is 21.1 Å². The maximum absolute atomic E-state index is 12.8. The highest BCUT2D eigenvalue weighted by molar-refractivity contribution is 7.91. The number of Topliss-reactive ketones (excluding diaryl/α,β-unsaturated/α-hetero) is 1. The molecule has 1 saturated carbocycles. The molecule has 2 aromatic heterocycles. The Bertz CT molecular complexity index is 1310. The molecule has 32 heavy (non-hydrogen) atoms. The van der Waals surface area contributed by atoms with Gasteiger partial charge < -0.3 is 4.90 Å². The molecule has 5 rings (SSSR count). The van der Waals surface area contributed by atoms with E-state index in [1.54, 1.807) is 23.7 Å². The average Bonchev–Trinajstić information content (AvgIpc) is 3.46. The molecule has 2 aliphatic rings. The summed E-state index contributed by atoms with van der Waals surface area (Å²) < 4.78 is 25.2. The van der Waals surface area contributed by atoms with Gasteiger partial charge in [-0.15, -0.1) is 0 Å². The molecule has 0 bridgehead atoms. The number of nitrogens with zero attached hydrogens (tertiary/aromatic N) is 4. The van der Waals surface area contributed by atoms with E-state index in [0.29, 0.717) is 23.5 Å². The lowest BCUT2D eigenvalue weighted by atomic mass is 10.1. The number of ketones is 1. The van der Waals surface area contributed by atoms with Crippen LogP contribution < -0.4 is 0 Å². The molecule has 0 N–H and O–H groups in total. The summed E-state index contributed by atoms with van der Waals surface area (Å²) in [6.45, 7) is 0. The third kappa shape index (κ3) is 4.04. The normalized spacial score (nSPS) is 19.8. The van der Waals surface area contributed by atoms with Crippen LogP contribution in [0.3, 0.4) is 0 Å². The molecular formula is C23H24N4O4S. The fourth-order valence-corrected chi connectivity index (χ4v) is 5.96. The van der Waals surface area contributed by atoms with Crippen LogP contribution in [0.1, 0.15) is 35.4 Å². The SMILES string of the molecule is CN(C(=O)c1ccc(-c2cccc3nc(CC(=O)C4CC4)nn23)cc1)C1CCS(=O)(=O)C1. The minimum atomic E-state index is -3.06. The highest BCUT2D eigenvalue weighted by atomic mass is 32.2. The summed E-state index contributed by atoms with van der Waals surface area (Å²) in [4.78, 5) is 31.0. The molecular weight excluding hydrogens is 428 g/mol. The average molecular weight is 453 g/mol. The molecule has 1 atom stereocenters. The minimum absolute atomic E-state index is 0.0210. The van der Waals surface area contributed by atoms with Crippen LogP contribution >= 0.6 is 0 Å². The van der Waals surface area contributed by atoms with Gasteiger partial charge >= 0.3 is 0 Å². The number of rotatable bonds is 6. The molecule has 2 fully saturated rings. The first-order valence-corrected chi connectivity index (χ1v) is 12.6. The van der Waals surface area contributed by atoms with E-state index in [2.05, 4.69) is 10.1 Å². The van der Waals surface area contributed by atoms with Gasteiger partial charge in [0.2, 0.25) is 0 Å². The summed E-state index contributed by atoms with van der Waals surface area (Å²) in [6, 6.07) is 12.5. The van der Waals surface area contributed by atoms with Crippen molar-refractivity contribution in [2.75, 3.05) is 18.6 Å². The van der Waals surface area contributed by atoms with Crippen molar-refractivity contribution in [3.8, 4) is 11.3 Å². The van der Waals surface area contributed by atoms with E-state index in [9.17, 15) is 18.0 Å². The summed E-state index contributed by atoms with van der Waals surface area (Å²) in [7, 11) is -1.40. The monoisotopic (exact) mass is 452 g/mol. The third-order valence-electron chi connectivity index (χ3n) is 6.27. The second-order valence-electron chi connectivity index (χ2n) is 8.68. The number of amides is 1. The van der Waals surface area contributed by atoms with Crippen LogP contribution in [0.4, 0.5) is 0 Å². The maximum atomic E-state index is 12.8. The summed E-state index contributed by atoms with van der Waals surface area (Å²) in [5.41, 5.74) is 2.85. The van der Waals surface area contributed by atoms with Gasteiger partial charge in [-0.25, -0.2) is 17.9 Å². The molecule has 1 aliphatic carbocycles. The zero-order chi connectivity index (χ0) is 22.5. The summed E-state index contributed by atoms with van der Waals surface area (Å²) in [6.07, 6.45) is 2.66. The van der Waals surface area contributed by atoms with Crippen molar-refractivity contribution in [2.45, 2.75) is 31.7 Å². The number of hydrogen-bond donors (Lipinski definition) is 0. The second-order valence-corrected chi connectivity index (χ2v) is 10.9. The Morgan fingerprint density at radius 1 is 1.09 bits per heavy atom. The first-order valence-electron chi connectivity index (χ1n) is 10.8. The van der Waals surface area contributed by atoms with Crippen LogP contribution in [-0.4, -0.2) is 64.2 Å². The Labute approximate surface area is 186 Å². The molecule has 0 radical (unpaired) electrons. The lowest BCUT2D eigenvalue weighted by molar-refractivity contribution is -0.119. The first-order chi connectivity index (χ1) is 15.3. The molecule has 9 heteroatoms. The molecule has 1 saturated heterocycles. The predicted octanol–water partition coefficient (Wildman–Crippen LogP) is 2.18. The van der Waals surface area contributed by atoms with Gasteiger partial charge in [0.25, 0.3) is 5.91 Å². The molecule has 1 aromatic carbocycles. The Hall–Kier alpha value is -3.07. The largest absolute Gasteiger partial charge is 0.338 e. The zero-order valence-corrected chi connectivity index (χ0v) is 18.6. The van der Waals surface area contributed by atoms with Gasteiger partial charge in [0, 0.05) is 30.1 Å². The molecule has 1 amide bonds.